The number of nitrogens with zero attached hydrogens (tertiary/aromatic N) is 2. The van der Waals surface area contributed by atoms with Gasteiger partial charge in [0, 0.05) is 78.9 Å². The summed E-state index contributed by atoms with van der Waals surface area (Å²) in [6, 6.07) is 14.7. The highest BCUT2D eigenvalue weighted by molar-refractivity contribution is 6.39. The topological polar surface area (TPSA) is 120 Å². The van der Waals surface area contributed by atoms with Gasteiger partial charge in [-0.05, 0) is 44.5 Å². The maximum atomic E-state index is 15.4. The number of methoxy groups -OCH3 is 1. The van der Waals surface area contributed by atoms with E-state index in [0.717, 1.165) is 17.5 Å². The number of benzene rings is 2. The molecule has 1 aliphatic heterocycles. The zero-order valence-corrected chi connectivity index (χ0v) is 27.4. The molecule has 3 heterocycles. The fraction of sp³-hybridized carbons (Fsp3) is 0.324. The molecule has 0 bridgehead atoms. The number of amides is 1. The number of aliphatic hydroxyl groups is 1. The quantitative estimate of drug-likeness (QED) is 0.114. The zero-order valence-electron chi connectivity index (χ0n) is 25.9. The van der Waals surface area contributed by atoms with Crippen molar-refractivity contribution in [3.8, 4) is 28.1 Å². The minimum atomic E-state index is -0.920. The lowest BCUT2D eigenvalue weighted by Crippen LogP contribution is -2.35. The monoisotopic (exact) mass is 666 g/mol. The third kappa shape index (κ3) is 8.12. The van der Waals surface area contributed by atoms with Crippen LogP contribution in [0.1, 0.15) is 37.8 Å². The van der Waals surface area contributed by atoms with Gasteiger partial charge in [-0.25, -0.2) is 9.37 Å². The number of anilines is 2. The van der Waals surface area contributed by atoms with E-state index in [1.165, 1.54) is 6.20 Å². The highest BCUT2D eigenvalue weighted by Crippen LogP contribution is 2.41. The van der Waals surface area contributed by atoms with Crippen LogP contribution in [-0.2, 0) is 17.9 Å². The van der Waals surface area contributed by atoms with Gasteiger partial charge in [-0.1, -0.05) is 47.5 Å². The molecule has 0 aliphatic carbocycles. The van der Waals surface area contributed by atoms with Crippen molar-refractivity contribution in [2.24, 2.45) is 0 Å². The molecular formula is C34H37Cl2FN6O3. The SMILES string of the molecule is COc1cc(-c2nccc(-c3cccc(Nc4nccc(CNCC(C)(C)O)c4F)c3Cl)c2Cl)ccc1CNC[C@H]1CCC(=O)N1. The van der Waals surface area contributed by atoms with Gasteiger partial charge < -0.3 is 31.1 Å². The predicted octanol–water partition coefficient (Wildman–Crippen LogP) is 6.24. The van der Waals surface area contributed by atoms with Gasteiger partial charge in [0.15, 0.2) is 11.6 Å². The van der Waals surface area contributed by atoms with Crippen molar-refractivity contribution < 1.29 is 19.0 Å². The average molecular weight is 668 g/mol. The number of hydrogen-bond donors (Lipinski definition) is 5. The molecule has 1 atom stereocenters. The Morgan fingerprint density at radius 2 is 1.78 bits per heavy atom. The van der Waals surface area contributed by atoms with E-state index >= 15 is 4.39 Å². The molecule has 46 heavy (non-hydrogen) atoms. The highest BCUT2D eigenvalue weighted by Gasteiger charge is 2.21. The van der Waals surface area contributed by atoms with Gasteiger partial charge >= 0.3 is 0 Å². The Kier molecular flexibility index (Phi) is 10.8. The number of pyridine rings is 2. The third-order valence-electron chi connectivity index (χ3n) is 7.63. The second-order valence-electron chi connectivity index (χ2n) is 11.8. The van der Waals surface area contributed by atoms with Crippen molar-refractivity contribution in [3.05, 3.63) is 87.9 Å². The molecule has 0 unspecified atom stereocenters. The molecule has 9 nitrogen and oxygen atoms in total. The molecule has 1 fully saturated rings. The third-order valence-corrected chi connectivity index (χ3v) is 8.41. The molecule has 2 aromatic heterocycles. The van der Waals surface area contributed by atoms with Gasteiger partial charge in [0.1, 0.15) is 5.75 Å². The first-order chi connectivity index (χ1) is 22.0. The molecule has 1 amide bonds. The van der Waals surface area contributed by atoms with Gasteiger partial charge in [0.05, 0.1) is 34.1 Å². The van der Waals surface area contributed by atoms with Crippen molar-refractivity contribution in [1.82, 2.24) is 25.9 Å². The number of aromatic nitrogens is 2. The van der Waals surface area contributed by atoms with Crippen molar-refractivity contribution in [3.63, 3.8) is 0 Å². The van der Waals surface area contributed by atoms with Gasteiger partial charge in [0.2, 0.25) is 5.91 Å². The number of halogens is 3. The Morgan fingerprint density at radius 1 is 1.02 bits per heavy atom. The molecule has 12 heteroatoms. The molecule has 0 spiro atoms. The molecule has 0 radical (unpaired) electrons. The van der Waals surface area contributed by atoms with Crippen LogP contribution >= 0.6 is 23.2 Å². The molecule has 4 aromatic rings. The van der Waals surface area contributed by atoms with Gasteiger partial charge in [0.25, 0.3) is 0 Å². The van der Waals surface area contributed by atoms with Crippen LogP contribution < -0.4 is 26.0 Å². The largest absolute Gasteiger partial charge is 0.496 e. The fourth-order valence-electron chi connectivity index (χ4n) is 5.28. The summed E-state index contributed by atoms with van der Waals surface area (Å²) in [6.45, 7) is 5.13. The Bertz CT molecular complexity index is 1720. The minimum Gasteiger partial charge on any atom is -0.496 e. The van der Waals surface area contributed by atoms with E-state index in [1.54, 1.807) is 51.4 Å². The summed E-state index contributed by atoms with van der Waals surface area (Å²) in [5.41, 5.74) is 3.50. The molecule has 1 saturated heterocycles. The van der Waals surface area contributed by atoms with Crippen molar-refractivity contribution >= 4 is 40.6 Å². The van der Waals surface area contributed by atoms with Crippen molar-refractivity contribution in [1.29, 1.82) is 0 Å². The number of hydrogen-bond acceptors (Lipinski definition) is 8. The Morgan fingerprint density at radius 3 is 2.52 bits per heavy atom. The molecule has 242 valence electrons. The van der Waals surface area contributed by atoms with E-state index in [4.69, 9.17) is 27.9 Å². The molecule has 5 rings (SSSR count). The van der Waals surface area contributed by atoms with Crippen LogP contribution in [0.4, 0.5) is 15.9 Å². The summed E-state index contributed by atoms with van der Waals surface area (Å²) < 4.78 is 21.0. The van der Waals surface area contributed by atoms with E-state index in [1.807, 2.05) is 24.3 Å². The summed E-state index contributed by atoms with van der Waals surface area (Å²) in [5, 5.41) is 23.1. The smallest absolute Gasteiger partial charge is 0.220 e. The van der Waals surface area contributed by atoms with Gasteiger partial charge in [-0.15, -0.1) is 0 Å². The number of nitrogens with one attached hydrogen (secondary N) is 4. The Labute approximate surface area is 277 Å². The Balaban J connectivity index is 1.35. The second-order valence-corrected chi connectivity index (χ2v) is 12.6. The van der Waals surface area contributed by atoms with E-state index in [2.05, 4.69) is 31.2 Å². The minimum absolute atomic E-state index is 0.0257. The standard InChI is InChI=1S/C34H37Cl2FN6O3/c1-34(2,45)19-39-17-22-11-13-41-33(31(22)37)43-26-6-4-5-24(29(26)35)25-12-14-40-32(30(25)36)20-7-8-21(27(15-20)46-3)16-38-18-23-9-10-28(44)42-23/h4-8,11-15,23,38-39,45H,9-10,16-19H2,1-3H3,(H,41,43)(H,42,44)/t23-/m1/s1. The lowest BCUT2D eigenvalue weighted by atomic mass is 10.0. The molecule has 2 aromatic carbocycles. The van der Waals surface area contributed by atoms with Crippen LogP contribution in [0, 0.1) is 5.82 Å². The van der Waals surface area contributed by atoms with Crippen LogP contribution in [0.25, 0.3) is 22.4 Å². The first kappa shape index (κ1) is 33.6. The lowest BCUT2D eigenvalue weighted by Gasteiger charge is -2.18. The molecular weight excluding hydrogens is 630 g/mol. The van der Waals surface area contributed by atoms with E-state index in [9.17, 15) is 9.90 Å². The van der Waals surface area contributed by atoms with Crippen molar-refractivity contribution in [2.75, 3.05) is 25.5 Å². The lowest BCUT2D eigenvalue weighted by molar-refractivity contribution is -0.119. The zero-order chi connectivity index (χ0) is 32.8. The van der Waals surface area contributed by atoms with E-state index < -0.39 is 11.4 Å². The Hall–Kier alpha value is -3.80. The van der Waals surface area contributed by atoms with Crippen LogP contribution in [0.2, 0.25) is 10.0 Å². The number of carbonyl (C=O) groups excluding carboxylic acids is 1. The van der Waals surface area contributed by atoms with E-state index in [0.29, 0.717) is 69.9 Å². The first-order valence-corrected chi connectivity index (χ1v) is 15.7. The number of rotatable bonds is 13. The second kappa shape index (κ2) is 14.7. The summed E-state index contributed by atoms with van der Waals surface area (Å²) >= 11 is 13.8. The van der Waals surface area contributed by atoms with Crippen LogP contribution in [-0.4, -0.2) is 52.8 Å². The summed E-state index contributed by atoms with van der Waals surface area (Å²) in [4.78, 5) is 20.2. The molecule has 5 N–H and O–H groups in total. The van der Waals surface area contributed by atoms with Crippen LogP contribution in [0.3, 0.4) is 0 Å². The van der Waals surface area contributed by atoms with Crippen molar-refractivity contribution in [2.45, 2.75) is 51.4 Å². The maximum Gasteiger partial charge on any atom is 0.220 e. The summed E-state index contributed by atoms with van der Waals surface area (Å²) in [7, 11) is 1.61. The fourth-order valence-corrected chi connectivity index (χ4v) is 5.87. The number of ether oxygens (including phenoxy) is 1. The van der Waals surface area contributed by atoms with Gasteiger partial charge in [-0.3, -0.25) is 9.78 Å². The number of carbonyl (C=O) groups is 1. The summed E-state index contributed by atoms with van der Waals surface area (Å²) in [6.07, 6.45) is 4.57. The first-order valence-electron chi connectivity index (χ1n) is 15.0. The average Bonchev–Trinajstić information content (AvgIpc) is 3.44. The highest BCUT2D eigenvalue weighted by atomic mass is 35.5. The van der Waals surface area contributed by atoms with Crippen LogP contribution in [0.5, 0.6) is 5.75 Å². The van der Waals surface area contributed by atoms with E-state index in [-0.39, 0.29) is 24.3 Å². The molecule has 1 aliphatic rings. The molecule has 0 saturated carbocycles. The predicted molar refractivity (Wildman–Crippen MR) is 180 cm³/mol. The van der Waals surface area contributed by atoms with Gasteiger partial charge in [-0.2, -0.15) is 0 Å². The normalized spacial score (nSPS) is 14.8. The maximum absolute atomic E-state index is 15.4. The summed E-state index contributed by atoms with van der Waals surface area (Å²) in [5.74, 6) is 0.278. The van der Waals surface area contributed by atoms with Crippen LogP contribution in [0.15, 0.2) is 60.9 Å².